The molecule has 116 valence electrons. The summed E-state index contributed by atoms with van der Waals surface area (Å²) in [7, 11) is 0. The second kappa shape index (κ2) is 7.59. The summed E-state index contributed by atoms with van der Waals surface area (Å²) in [5.41, 5.74) is -0.168. The summed E-state index contributed by atoms with van der Waals surface area (Å²) in [6.45, 7) is 9.64. The van der Waals surface area contributed by atoms with Crippen molar-refractivity contribution in [3.05, 3.63) is 0 Å². The van der Waals surface area contributed by atoms with E-state index in [1.165, 1.54) is 0 Å². The average molecular weight is 285 g/mol. The summed E-state index contributed by atoms with van der Waals surface area (Å²) in [6, 6.07) is 0. The fourth-order valence-corrected chi connectivity index (χ4v) is 2.24. The molecule has 1 aliphatic heterocycles. The third-order valence-electron chi connectivity index (χ3n) is 3.77. The zero-order chi connectivity index (χ0) is 15.2. The highest BCUT2D eigenvalue weighted by atomic mass is 16.4. The zero-order valence-corrected chi connectivity index (χ0v) is 12.8. The molecule has 0 bridgehead atoms. The van der Waals surface area contributed by atoms with Gasteiger partial charge in [-0.1, -0.05) is 6.92 Å². The van der Waals surface area contributed by atoms with Crippen molar-refractivity contribution in [1.82, 2.24) is 15.1 Å². The van der Waals surface area contributed by atoms with Gasteiger partial charge in [0.2, 0.25) is 5.91 Å². The van der Waals surface area contributed by atoms with Crippen molar-refractivity contribution >= 4 is 11.9 Å². The first kappa shape index (κ1) is 16.9. The Morgan fingerprint density at radius 2 is 1.65 bits per heavy atom. The predicted octanol–water partition coefficient (Wildman–Crippen LogP) is 0.384. The van der Waals surface area contributed by atoms with Crippen molar-refractivity contribution in [2.45, 2.75) is 39.2 Å². The number of nitrogens with one attached hydrogen (secondary N) is 1. The Hall–Kier alpha value is -1.14. The van der Waals surface area contributed by atoms with E-state index in [0.29, 0.717) is 13.1 Å². The normalized spacial score (nSPS) is 18.6. The third-order valence-corrected chi connectivity index (χ3v) is 3.77. The van der Waals surface area contributed by atoms with Gasteiger partial charge in [0.15, 0.2) is 0 Å². The predicted molar refractivity (Wildman–Crippen MR) is 77.6 cm³/mol. The minimum atomic E-state index is -0.791. The van der Waals surface area contributed by atoms with Gasteiger partial charge in [0.05, 0.1) is 13.1 Å². The molecule has 1 heterocycles. The summed E-state index contributed by atoms with van der Waals surface area (Å²) in [4.78, 5) is 26.7. The molecular formula is C14H27N3O3. The molecule has 1 amide bonds. The number of carboxylic acid groups (broad SMARTS) is 1. The van der Waals surface area contributed by atoms with E-state index >= 15 is 0 Å². The Morgan fingerprint density at radius 3 is 2.15 bits per heavy atom. The van der Waals surface area contributed by atoms with Gasteiger partial charge in [0.25, 0.3) is 0 Å². The third kappa shape index (κ3) is 6.34. The van der Waals surface area contributed by atoms with Crippen molar-refractivity contribution in [3.63, 3.8) is 0 Å². The van der Waals surface area contributed by atoms with Gasteiger partial charge in [0.1, 0.15) is 0 Å². The minimum absolute atomic E-state index is 0.0449. The molecule has 6 heteroatoms. The number of hydrogen-bond acceptors (Lipinski definition) is 4. The number of hydrogen-bond donors (Lipinski definition) is 2. The van der Waals surface area contributed by atoms with Crippen molar-refractivity contribution in [2.24, 2.45) is 0 Å². The number of rotatable bonds is 6. The van der Waals surface area contributed by atoms with E-state index in [4.69, 9.17) is 5.11 Å². The summed E-state index contributed by atoms with van der Waals surface area (Å²) >= 11 is 0. The van der Waals surface area contributed by atoms with Gasteiger partial charge in [-0.15, -0.1) is 0 Å². The van der Waals surface area contributed by atoms with Gasteiger partial charge < -0.3 is 10.4 Å². The maximum Gasteiger partial charge on any atom is 0.317 e. The molecule has 0 aromatic carbocycles. The highest BCUT2D eigenvalue weighted by Gasteiger charge is 2.21. The fourth-order valence-electron chi connectivity index (χ4n) is 2.24. The Kier molecular flexibility index (Phi) is 6.42. The van der Waals surface area contributed by atoms with E-state index in [9.17, 15) is 9.59 Å². The van der Waals surface area contributed by atoms with E-state index in [2.05, 4.69) is 17.1 Å². The highest BCUT2D eigenvalue weighted by Crippen LogP contribution is 2.07. The number of aliphatic carboxylic acids is 1. The Balaban J connectivity index is 2.38. The lowest BCUT2D eigenvalue weighted by atomic mass is 10.0. The monoisotopic (exact) mass is 285 g/mol. The van der Waals surface area contributed by atoms with Crippen LogP contribution in [-0.4, -0.2) is 71.6 Å². The quantitative estimate of drug-likeness (QED) is 0.738. The molecule has 0 spiro atoms. The van der Waals surface area contributed by atoms with Gasteiger partial charge in [0, 0.05) is 25.2 Å². The highest BCUT2D eigenvalue weighted by molar-refractivity contribution is 5.78. The van der Waals surface area contributed by atoms with E-state index in [0.717, 1.165) is 32.5 Å². The summed E-state index contributed by atoms with van der Waals surface area (Å²) in [6.07, 6.45) is 1.79. The number of carbonyl (C=O) groups is 2. The average Bonchev–Trinajstić information content (AvgIpc) is 2.53. The lowest BCUT2D eigenvalue weighted by Crippen LogP contribution is -2.48. The number of carbonyl (C=O) groups excluding carboxylic acids is 1. The molecule has 0 atom stereocenters. The van der Waals surface area contributed by atoms with Gasteiger partial charge in [-0.3, -0.25) is 19.4 Å². The fraction of sp³-hybridized carbons (Fsp3) is 0.857. The Bertz CT molecular complexity index is 345. The number of nitrogens with zero attached hydrogens (tertiary/aromatic N) is 2. The van der Waals surface area contributed by atoms with Crippen LogP contribution in [-0.2, 0) is 9.59 Å². The van der Waals surface area contributed by atoms with Gasteiger partial charge >= 0.3 is 5.97 Å². The van der Waals surface area contributed by atoms with Crippen molar-refractivity contribution in [3.8, 4) is 0 Å². The molecule has 0 aliphatic carbocycles. The SMILES string of the molecule is CCC(C)(C)NC(=O)CN1CCCN(CC(=O)O)CC1. The van der Waals surface area contributed by atoms with Crippen LogP contribution < -0.4 is 5.32 Å². The van der Waals surface area contributed by atoms with Crippen LogP contribution in [0.1, 0.15) is 33.6 Å². The topological polar surface area (TPSA) is 72.9 Å². The molecule has 20 heavy (non-hydrogen) atoms. The first-order chi connectivity index (χ1) is 9.32. The van der Waals surface area contributed by atoms with E-state index < -0.39 is 5.97 Å². The summed E-state index contributed by atoms with van der Waals surface area (Å²) in [5.74, 6) is -0.746. The van der Waals surface area contributed by atoms with Gasteiger partial charge in [-0.2, -0.15) is 0 Å². The molecule has 0 radical (unpaired) electrons. The molecule has 2 N–H and O–H groups in total. The summed E-state index contributed by atoms with van der Waals surface area (Å²) in [5, 5.41) is 11.8. The molecule has 1 rings (SSSR count). The second-order valence-corrected chi connectivity index (χ2v) is 6.09. The van der Waals surface area contributed by atoms with Crippen LogP contribution in [0.2, 0.25) is 0 Å². The molecule has 0 unspecified atom stereocenters. The van der Waals surface area contributed by atoms with Crippen molar-refractivity contribution in [2.75, 3.05) is 39.3 Å². The smallest absolute Gasteiger partial charge is 0.317 e. The van der Waals surface area contributed by atoms with Crippen LogP contribution in [0.25, 0.3) is 0 Å². The van der Waals surface area contributed by atoms with Crippen LogP contribution in [0.15, 0.2) is 0 Å². The van der Waals surface area contributed by atoms with Crippen molar-refractivity contribution < 1.29 is 14.7 Å². The maximum atomic E-state index is 12.0. The lowest BCUT2D eigenvalue weighted by Gasteiger charge is -2.27. The lowest BCUT2D eigenvalue weighted by molar-refractivity contribution is -0.138. The Labute approximate surface area is 121 Å². The molecule has 1 aliphatic rings. The number of carboxylic acids is 1. The molecule has 0 saturated carbocycles. The van der Waals surface area contributed by atoms with Crippen LogP contribution in [0.3, 0.4) is 0 Å². The Morgan fingerprint density at radius 1 is 1.10 bits per heavy atom. The van der Waals surface area contributed by atoms with E-state index in [-0.39, 0.29) is 18.0 Å². The van der Waals surface area contributed by atoms with Crippen LogP contribution in [0.5, 0.6) is 0 Å². The van der Waals surface area contributed by atoms with E-state index in [1.54, 1.807) is 0 Å². The summed E-state index contributed by atoms with van der Waals surface area (Å²) < 4.78 is 0. The molecule has 6 nitrogen and oxygen atoms in total. The number of amides is 1. The zero-order valence-electron chi connectivity index (χ0n) is 12.8. The second-order valence-electron chi connectivity index (χ2n) is 6.09. The maximum absolute atomic E-state index is 12.0. The molecule has 0 aromatic rings. The molecule has 1 saturated heterocycles. The molecule has 1 fully saturated rings. The van der Waals surface area contributed by atoms with Gasteiger partial charge in [-0.25, -0.2) is 0 Å². The van der Waals surface area contributed by atoms with Crippen LogP contribution in [0, 0.1) is 0 Å². The van der Waals surface area contributed by atoms with E-state index in [1.807, 2.05) is 18.7 Å². The van der Waals surface area contributed by atoms with Gasteiger partial charge in [-0.05, 0) is 33.2 Å². The van der Waals surface area contributed by atoms with Crippen molar-refractivity contribution in [1.29, 1.82) is 0 Å². The largest absolute Gasteiger partial charge is 0.480 e. The molecular weight excluding hydrogens is 258 g/mol. The minimum Gasteiger partial charge on any atom is -0.480 e. The van der Waals surface area contributed by atoms with Crippen LogP contribution in [0.4, 0.5) is 0 Å². The van der Waals surface area contributed by atoms with Crippen LogP contribution >= 0.6 is 0 Å². The first-order valence-corrected chi connectivity index (χ1v) is 7.30. The first-order valence-electron chi connectivity index (χ1n) is 7.30. The standard InChI is InChI=1S/C14H27N3O3/c1-4-14(2,3)15-12(18)10-16-6-5-7-17(9-8-16)11-13(19)20/h4-11H2,1-3H3,(H,15,18)(H,19,20). The molecule has 0 aromatic heterocycles.